The molecule has 0 heterocycles. The molecule has 0 amide bonds. The van der Waals surface area contributed by atoms with Crippen molar-refractivity contribution in [3.63, 3.8) is 0 Å². The standard InChI is InChI=1S/C10H8.C2H2O3/c1-2-6-10-8-4-3-7-9(10)5-1;3-1-2(4)5/h1-8H;1H,(H,4,5). The lowest BCUT2D eigenvalue weighted by Gasteiger charge is -1.92. The van der Waals surface area contributed by atoms with Gasteiger partial charge in [0, 0.05) is 0 Å². The second-order valence-corrected chi connectivity index (χ2v) is 2.80. The van der Waals surface area contributed by atoms with Gasteiger partial charge < -0.3 is 5.11 Å². The highest BCUT2D eigenvalue weighted by molar-refractivity contribution is 6.19. The predicted molar refractivity (Wildman–Crippen MR) is 57.6 cm³/mol. The minimum Gasteiger partial charge on any atom is -0.476 e. The molecule has 0 aliphatic rings. The molecule has 2 rings (SSSR count). The molecule has 0 aromatic heterocycles. The number of hydrogen-bond acceptors (Lipinski definition) is 2. The Hall–Kier alpha value is -2.16. The van der Waals surface area contributed by atoms with E-state index < -0.39 is 5.97 Å². The summed E-state index contributed by atoms with van der Waals surface area (Å²) in [5.41, 5.74) is 0. The summed E-state index contributed by atoms with van der Waals surface area (Å²) >= 11 is 0. The highest BCUT2D eigenvalue weighted by atomic mass is 16.4. The van der Waals surface area contributed by atoms with Gasteiger partial charge in [-0.3, -0.25) is 4.79 Å². The predicted octanol–water partition coefficient (Wildman–Crippen LogP) is 2.11. The van der Waals surface area contributed by atoms with Crippen molar-refractivity contribution in [2.75, 3.05) is 0 Å². The zero-order chi connectivity index (χ0) is 11.1. The van der Waals surface area contributed by atoms with E-state index >= 15 is 0 Å². The Morgan fingerprint density at radius 3 is 1.40 bits per heavy atom. The van der Waals surface area contributed by atoms with E-state index in [1.807, 2.05) is 0 Å². The van der Waals surface area contributed by atoms with E-state index in [4.69, 9.17) is 14.7 Å². The van der Waals surface area contributed by atoms with Crippen LogP contribution in [0.15, 0.2) is 48.5 Å². The van der Waals surface area contributed by atoms with E-state index in [1.54, 1.807) is 0 Å². The molecule has 2 aromatic carbocycles. The van der Waals surface area contributed by atoms with Crippen LogP contribution in [0.4, 0.5) is 0 Å². The van der Waals surface area contributed by atoms with Crippen LogP contribution in [0.25, 0.3) is 10.8 Å². The Balaban J connectivity index is 0.000000195. The average Bonchev–Trinajstić information content (AvgIpc) is 2.30. The molecule has 0 unspecified atom stereocenters. The first-order valence-corrected chi connectivity index (χ1v) is 4.36. The number of carbonyl (C=O) groups is 2. The van der Waals surface area contributed by atoms with Gasteiger partial charge in [0.1, 0.15) is 0 Å². The number of hydrogen-bond donors (Lipinski definition) is 1. The molecule has 0 atom stereocenters. The third-order valence-electron chi connectivity index (χ3n) is 1.76. The summed E-state index contributed by atoms with van der Waals surface area (Å²) in [5.74, 6) is -1.43. The van der Waals surface area contributed by atoms with Crippen molar-refractivity contribution in [1.29, 1.82) is 0 Å². The molecule has 0 saturated carbocycles. The Morgan fingerprint density at radius 1 is 0.933 bits per heavy atom. The van der Waals surface area contributed by atoms with Gasteiger partial charge >= 0.3 is 5.97 Å². The SMILES string of the molecule is O=CC(=O)O.c1ccc2ccccc2c1. The molecule has 3 nitrogen and oxygen atoms in total. The molecular formula is C12H10O3. The maximum atomic E-state index is 9.00. The van der Waals surface area contributed by atoms with Crippen molar-refractivity contribution in [2.45, 2.75) is 0 Å². The molecule has 3 heteroatoms. The monoisotopic (exact) mass is 202 g/mol. The summed E-state index contributed by atoms with van der Waals surface area (Å²) in [6, 6.07) is 16.7. The van der Waals surface area contributed by atoms with Crippen LogP contribution in [-0.2, 0) is 9.59 Å². The van der Waals surface area contributed by atoms with Crippen molar-refractivity contribution in [2.24, 2.45) is 0 Å². The van der Waals surface area contributed by atoms with E-state index in [0.29, 0.717) is 0 Å². The first-order chi connectivity index (χ1) is 7.24. The van der Waals surface area contributed by atoms with E-state index in [2.05, 4.69) is 48.5 Å². The van der Waals surface area contributed by atoms with Crippen LogP contribution < -0.4 is 0 Å². The Labute approximate surface area is 87.0 Å². The minimum absolute atomic E-state index is 0.167. The largest absolute Gasteiger partial charge is 0.476 e. The molecule has 1 N–H and O–H groups in total. The van der Waals surface area contributed by atoms with Gasteiger partial charge in [-0.1, -0.05) is 48.5 Å². The molecule has 76 valence electrons. The maximum Gasteiger partial charge on any atom is 0.368 e. The first-order valence-electron chi connectivity index (χ1n) is 4.36. The Bertz CT molecular complexity index is 398. The molecule has 15 heavy (non-hydrogen) atoms. The molecule has 0 saturated heterocycles. The highest BCUT2D eigenvalue weighted by Gasteiger charge is 1.85. The fourth-order valence-electron chi connectivity index (χ4n) is 1.13. The number of aldehydes is 1. The van der Waals surface area contributed by atoms with Crippen LogP contribution >= 0.6 is 0 Å². The number of rotatable bonds is 1. The summed E-state index contributed by atoms with van der Waals surface area (Å²) in [4.78, 5) is 17.9. The van der Waals surface area contributed by atoms with Crippen LogP contribution in [-0.4, -0.2) is 17.4 Å². The number of aliphatic carboxylic acids is 1. The smallest absolute Gasteiger partial charge is 0.368 e. The highest BCUT2D eigenvalue weighted by Crippen LogP contribution is 2.11. The molecule has 0 bridgehead atoms. The summed E-state index contributed by atoms with van der Waals surface area (Å²) in [5, 5.41) is 9.97. The van der Waals surface area contributed by atoms with Gasteiger partial charge in [-0.25, -0.2) is 4.79 Å². The number of carbonyl (C=O) groups excluding carboxylic acids is 1. The summed E-state index contributed by atoms with van der Waals surface area (Å²) < 4.78 is 0. The van der Waals surface area contributed by atoms with Gasteiger partial charge in [0.2, 0.25) is 6.29 Å². The average molecular weight is 202 g/mol. The third-order valence-corrected chi connectivity index (χ3v) is 1.76. The van der Waals surface area contributed by atoms with E-state index in [-0.39, 0.29) is 6.29 Å². The zero-order valence-corrected chi connectivity index (χ0v) is 7.96. The van der Waals surface area contributed by atoms with Crippen LogP contribution in [0.2, 0.25) is 0 Å². The van der Waals surface area contributed by atoms with Gasteiger partial charge in [0.05, 0.1) is 0 Å². The summed E-state index contributed by atoms with van der Waals surface area (Å²) in [6.07, 6.45) is -0.167. The third kappa shape index (κ3) is 3.60. The molecular weight excluding hydrogens is 192 g/mol. The maximum absolute atomic E-state index is 9.00. The Kier molecular flexibility index (Phi) is 4.04. The van der Waals surface area contributed by atoms with Crippen LogP contribution in [0.3, 0.4) is 0 Å². The molecule has 0 aliphatic carbocycles. The van der Waals surface area contributed by atoms with Crippen molar-refractivity contribution >= 4 is 23.0 Å². The van der Waals surface area contributed by atoms with E-state index in [0.717, 1.165) is 0 Å². The fraction of sp³-hybridized carbons (Fsp3) is 0. The van der Waals surface area contributed by atoms with Crippen molar-refractivity contribution in [3.8, 4) is 0 Å². The molecule has 0 radical (unpaired) electrons. The second kappa shape index (κ2) is 5.54. The number of carboxylic acid groups (broad SMARTS) is 1. The fourth-order valence-corrected chi connectivity index (χ4v) is 1.13. The zero-order valence-electron chi connectivity index (χ0n) is 7.96. The van der Waals surface area contributed by atoms with Crippen molar-refractivity contribution in [1.82, 2.24) is 0 Å². The van der Waals surface area contributed by atoms with Crippen molar-refractivity contribution < 1.29 is 14.7 Å². The molecule has 0 aliphatic heterocycles. The Morgan fingerprint density at radius 2 is 1.20 bits per heavy atom. The van der Waals surface area contributed by atoms with Gasteiger partial charge in [0.25, 0.3) is 0 Å². The van der Waals surface area contributed by atoms with E-state index in [9.17, 15) is 0 Å². The van der Waals surface area contributed by atoms with Gasteiger partial charge in [-0.2, -0.15) is 0 Å². The second-order valence-electron chi connectivity index (χ2n) is 2.80. The topological polar surface area (TPSA) is 54.4 Å². The van der Waals surface area contributed by atoms with E-state index in [1.165, 1.54) is 10.8 Å². The first kappa shape index (κ1) is 10.9. The van der Waals surface area contributed by atoms with Crippen LogP contribution in [0.1, 0.15) is 0 Å². The number of carboxylic acids is 1. The minimum atomic E-state index is -1.43. The van der Waals surface area contributed by atoms with Gasteiger partial charge in [-0.15, -0.1) is 0 Å². The number of benzene rings is 2. The number of fused-ring (bicyclic) bond motifs is 1. The molecule has 0 spiro atoms. The lowest BCUT2D eigenvalue weighted by molar-refractivity contribution is -0.143. The quantitative estimate of drug-likeness (QED) is 0.569. The summed E-state index contributed by atoms with van der Waals surface area (Å²) in [6.45, 7) is 0. The van der Waals surface area contributed by atoms with Gasteiger partial charge in [-0.05, 0) is 10.8 Å². The van der Waals surface area contributed by atoms with Crippen molar-refractivity contribution in [3.05, 3.63) is 48.5 Å². The molecule has 2 aromatic rings. The lowest BCUT2D eigenvalue weighted by atomic mass is 10.1. The van der Waals surface area contributed by atoms with Crippen LogP contribution in [0, 0.1) is 0 Å². The normalized spacial score (nSPS) is 8.80. The van der Waals surface area contributed by atoms with Gasteiger partial charge in [0.15, 0.2) is 0 Å². The molecule has 0 fully saturated rings. The summed E-state index contributed by atoms with van der Waals surface area (Å²) in [7, 11) is 0. The van der Waals surface area contributed by atoms with Crippen LogP contribution in [0.5, 0.6) is 0 Å². The lowest BCUT2D eigenvalue weighted by Crippen LogP contribution is -1.91.